The summed E-state index contributed by atoms with van der Waals surface area (Å²) in [5, 5.41) is 10.2. The predicted molar refractivity (Wildman–Crippen MR) is 109 cm³/mol. The molecular formula is C17H13BrN4S2. The van der Waals surface area contributed by atoms with Gasteiger partial charge in [-0.25, -0.2) is 4.98 Å². The van der Waals surface area contributed by atoms with E-state index in [-0.39, 0.29) is 17.0 Å². The number of halogens is 1. The second-order valence-electron chi connectivity index (χ2n) is 4.84. The van der Waals surface area contributed by atoms with Crippen LogP contribution in [0.4, 0.5) is 5.13 Å². The number of thiazole rings is 1. The number of aromatic nitrogens is 2. The van der Waals surface area contributed by atoms with Gasteiger partial charge in [-0.2, -0.15) is 5.10 Å². The number of fused-ring (bicyclic) bond motifs is 1. The van der Waals surface area contributed by atoms with Gasteiger partial charge in [0.1, 0.15) is 0 Å². The van der Waals surface area contributed by atoms with Crippen LogP contribution >= 0.6 is 39.7 Å². The van der Waals surface area contributed by atoms with Crippen molar-refractivity contribution in [2.45, 2.75) is 0 Å². The van der Waals surface area contributed by atoms with E-state index in [0.29, 0.717) is 0 Å². The third-order valence-corrected chi connectivity index (χ3v) is 4.92. The molecule has 7 heteroatoms. The van der Waals surface area contributed by atoms with Gasteiger partial charge in [-0.05, 0) is 35.2 Å². The van der Waals surface area contributed by atoms with Crippen molar-refractivity contribution in [1.82, 2.24) is 9.97 Å². The average molecular weight is 417 g/mol. The van der Waals surface area contributed by atoms with Gasteiger partial charge in [0.15, 0.2) is 0 Å². The number of hydrogen-bond donors (Lipinski definition) is 1. The van der Waals surface area contributed by atoms with Crippen molar-refractivity contribution in [3.8, 4) is 10.6 Å². The van der Waals surface area contributed by atoms with Gasteiger partial charge >= 0.3 is 0 Å². The molecule has 3 heterocycles. The molecule has 120 valence electrons. The lowest BCUT2D eigenvalue weighted by molar-refractivity contribution is 1.29. The Morgan fingerprint density at radius 1 is 1.08 bits per heavy atom. The van der Waals surface area contributed by atoms with Gasteiger partial charge in [0.2, 0.25) is 5.13 Å². The van der Waals surface area contributed by atoms with Crippen LogP contribution in [-0.4, -0.2) is 16.2 Å². The molecule has 0 aliphatic heterocycles. The monoisotopic (exact) mass is 416 g/mol. The summed E-state index contributed by atoms with van der Waals surface area (Å²) in [7, 11) is 0. The van der Waals surface area contributed by atoms with Crippen LogP contribution in [0.1, 0.15) is 5.56 Å². The first kappa shape index (κ1) is 16.8. The molecule has 0 bridgehead atoms. The van der Waals surface area contributed by atoms with E-state index in [4.69, 9.17) is 0 Å². The first-order valence-electron chi connectivity index (χ1n) is 7.02. The Bertz CT molecular complexity index is 964. The second kappa shape index (κ2) is 7.65. The fourth-order valence-corrected chi connectivity index (χ4v) is 3.62. The number of thiophene rings is 1. The molecule has 4 aromatic rings. The number of benzene rings is 1. The van der Waals surface area contributed by atoms with Crippen LogP contribution in [0.3, 0.4) is 0 Å². The number of anilines is 1. The third-order valence-electron chi connectivity index (χ3n) is 3.28. The molecule has 0 saturated heterocycles. The van der Waals surface area contributed by atoms with E-state index in [0.717, 1.165) is 27.3 Å². The molecule has 1 N–H and O–H groups in total. The lowest BCUT2D eigenvalue weighted by atomic mass is 10.1. The zero-order chi connectivity index (χ0) is 15.5. The van der Waals surface area contributed by atoms with Crippen LogP contribution in [0.2, 0.25) is 0 Å². The van der Waals surface area contributed by atoms with Crippen molar-refractivity contribution < 1.29 is 0 Å². The molecule has 24 heavy (non-hydrogen) atoms. The molecule has 0 saturated carbocycles. The van der Waals surface area contributed by atoms with E-state index in [1.165, 1.54) is 4.88 Å². The number of hydrogen-bond acceptors (Lipinski definition) is 6. The van der Waals surface area contributed by atoms with E-state index >= 15 is 0 Å². The third kappa shape index (κ3) is 3.69. The molecule has 4 rings (SSSR count). The summed E-state index contributed by atoms with van der Waals surface area (Å²) in [6.45, 7) is 0. The minimum atomic E-state index is 0. The summed E-state index contributed by atoms with van der Waals surface area (Å²) in [5.41, 5.74) is 5.98. The standard InChI is InChI=1S/C17H12N4S2.BrH/c1-3-13-9-12(5-6-14(13)18-7-1)10-19-21-17-20-15(11-23-17)16-4-2-8-22-16;/h1-11H,(H,20,21);1H/b19-10+;. The van der Waals surface area contributed by atoms with Crippen molar-refractivity contribution in [3.63, 3.8) is 0 Å². The van der Waals surface area contributed by atoms with Crippen molar-refractivity contribution in [2.75, 3.05) is 5.43 Å². The fraction of sp³-hybridized carbons (Fsp3) is 0. The van der Waals surface area contributed by atoms with Crippen LogP contribution in [0.15, 0.2) is 64.5 Å². The van der Waals surface area contributed by atoms with Crippen molar-refractivity contribution in [2.24, 2.45) is 5.10 Å². The van der Waals surface area contributed by atoms with Gasteiger partial charge < -0.3 is 0 Å². The maximum absolute atomic E-state index is 4.53. The molecule has 0 atom stereocenters. The Hall–Kier alpha value is -2.09. The summed E-state index contributed by atoms with van der Waals surface area (Å²) in [5.74, 6) is 0. The molecule has 0 aliphatic carbocycles. The first-order valence-corrected chi connectivity index (χ1v) is 8.78. The summed E-state index contributed by atoms with van der Waals surface area (Å²) in [6.07, 6.45) is 3.59. The highest BCUT2D eigenvalue weighted by molar-refractivity contribution is 8.93. The smallest absolute Gasteiger partial charge is 0.203 e. The van der Waals surface area contributed by atoms with Crippen molar-refractivity contribution in [3.05, 3.63) is 65.0 Å². The minimum Gasteiger partial charge on any atom is -0.256 e. The van der Waals surface area contributed by atoms with Gasteiger partial charge in [0.25, 0.3) is 0 Å². The topological polar surface area (TPSA) is 50.2 Å². The largest absolute Gasteiger partial charge is 0.256 e. The van der Waals surface area contributed by atoms with Gasteiger partial charge in [0.05, 0.1) is 22.3 Å². The van der Waals surface area contributed by atoms with Crippen molar-refractivity contribution >= 4 is 61.9 Å². The molecule has 1 aromatic carbocycles. The highest BCUT2D eigenvalue weighted by Gasteiger charge is 2.04. The Morgan fingerprint density at radius 3 is 2.92 bits per heavy atom. The molecule has 0 spiro atoms. The molecular weight excluding hydrogens is 404 g/mol. The number of pyridine rings is 1. The van der Waals surface area contributed by atoms with E-state index in [1.807, 2.05) is 35.7 Å². The van der Waals surface area contributed by atoms with Crippen LogP contribution in [0.5, 0.6) is 0 Å². The lowest BCUT2D eigenvalue weighted by Crippen LogP contribution is -1.90. The second-order valence-corrected chi connectivity index (χ2v) is 6.65. The van der Waals surface area contributed by atoms with Gasteiger partial charge in [0, 0.05) is 17.0 Å². The molecule has 0 amide bonds. The molecule has 3 aromatic heterocycles. The average Bonchev–Trinajstić information content (AvgIpc) is 3.26. The highest BCUT2D eigenvalue weighted by Crippen LogP contribution is 2.28. The Balaban J connectivity index is 0.00000169. The van der Waals surface area contributed by atoms with Crippen LogP contribution in [0.25, 0.3) is 21.5 Å². The van der Waals surface area contributed by atoms with Crippen LogP contribution in [-0.2, 0) is 0 Å². The number of rotatable bonds is 4. The summed E-state index contributed by atoms with van der Waals surface area (Å²) in [6, 6.07) is 14.1. The van der Waals surface area contributed by atoms with E-state index in [9.17, 15) is 0 Å². The number of hydrazone groups is 1. The molecule has 0 fully saturated rings. The zero-order valence-corrected chi connectivity index (χ0v) is 15.8. The number of nitrogens with one attached hydrogen (secondary N) is 1. The summed E-state index contributed by atoms with van der Waals surface area (Å²) >= 11 is 3.23. The van der Waals surface area contributed by atoms with Crippen LogP contribution < -0.4 is 5.43 Å². The Kier molecular flexibility index (Phi) is 5.34. The van der Waals surface area contributed by atoms with E-state index < -0.39 is 0 Å². The fourth-order valence-electron chi connectivity index (χ4n) is 2.20. The van der Waals surface area contributed by atoms with Crippen LogP contribution in [0, 0.1) is 0 Å². The van der Waals surface area contributed by atoms with Gasteiger partial charge in [-0.1, -0.05) is 18.2 Å². The Labute approximate surface area is 157 Å². The van der Waals surface area contributed by atoms with Gasteiger partial charge in [-0.3, -0.25) is 10.4 Å². The van der Waals surface area contributed by atoms with Crippen molar-refractivity contribution in [1.29, 1.82) is 0 Å². The molecule has 0 aliphatic rings. The Morgan fingerprint density at radius 2 is 2.04 bits per heavy atom. The minimum absolute atomic E-state index is 0. The highest BCUT2D eigenvalue weighted by atomic mass is 79.9. The first-order chi connectivity index (χ1) is 11.4. The van der Waals surface area contributed by atoms with E-state index in [1.54, 1.807) is 35.1 Å². The van der Waals surface area contributed by atoms with Gasteiger partial charge in [-0.15, -0.1) is 39.7 Å². The maximum Gasteiger partial charge on any atom is 0.203 e. The molecule has 4 nitrogen and oxygen atoms in total. The molecule has 0 radical (unpaired) electrons. The quantitative estimate of drug-likeness (QED) is 0.355. The molecule has 0 unspecified atom stereocenters. The summed E-state index contributed by atoms with van der Waals surface area (Å²) in [4.78, 5) is 10.0. The number of nitrogens with zero attached hydrogens (tertiary/aromatic N) is 3. The zero-order valence-electron chi connectivity index (χ0n) is 12.4. The predicted octanol–water partition coefficient (Wildman–Crippen LogP) is 5.44. The summed E-state index contributed by atoms with van der Waals surface area (Å²) < 4.78 is 0. The van der Waals surface area contributed by atoms with E-state index in [2.05, 4.69) is 38.0 Å². The maximum atomic E-state index is 4.53. The lowest BCUT2D eigenvalue weighted by Gasteiger charge is -1.98. The normalized spacial score (nSPS) is 10.8. The SMILES string of the molecule is Br.C(=N\Nc1nc(-c2cccs2)cs1)/c1ccc2ncccc2c1.